The van der Waals surface area contributed by atoms with Crippen molar-refractivity contribution in [3.05, 3.63) is 34.9 Å². The van der Waals surface area contributed by atoms with Crippen molar-refractivity contribution in [3.63, 3.8) is 0 Å². The SMILES string of the molecule is COC(=O)C1CCCc2cc(C#N)ccc21. The molecule has 0 spiro atoms. The van der Waals surface area contributed by atoms with Crippen molar-refractivity contribution in [1.82, 2.24) is 0 Å². The fourth-order valence-electron chi connectivity index (χ4n) is 2.27. The molecule has 0 saturated heterocycles. The van der Waals surface area contributed by atoms with Gasteiger partial charge in [-0.25, -0.2) is 0 Å². The molecular formula is C13H13NO2. The number of ether oxygens (including phenoxy) is 1. The van der Waals surface area contributed by atoms with Crippen molar-refractivity contribution in [2.45, 2.75) is 25.2 Å². The van der Waals surface area contributed by atoms with Gasteiger partial charge in [-0.3, -0.25) is 4.79 Å². The number of methoxy groups -OCH3 is 1. The molecule has 82 valence electrons. The van der Waals surface area contributed by atoms with Crippen LogP contribution in [0.15, 0.2) is 18.2 Å². The van der Waals surface area contributed by atoms with Gasteiger partial charge in [-0.15, -0.1) is 0 Å². The van der Waals surface area contributed by atoms with Gasteiger partial charge in [0.25, 0.3) is 0 Å². The molecule has 3 heteroatoms. The van der Waals surface area contributed by atoms with Gasteiger partial charge < -0.3 is 4.74 Å². The monoisotopic (exact) mass is 215 g/mol. The molecule has 0 aliphatic heterocycles. The molecule has 0 heterocycles. The minimum Gasteiger partial charge on any atom is -0.469 e. The van der Waals surface area contributed by atoms with Crippen LogP contribution in [0.5, 0.6) is 0 Å². The number of fused-ring (bicyclic) bond motifs is 1. The molecule has 1 aliphatic carbocycles. The largest absolute Gasteiger partial charge is 0.469 e. The van der Waals surface area contributed by atoms with E-state index in [0.29, 0.717) is 5.56 Å². The highest BCUT2D eigenvalue weighted by Gasteiger charge is 2.27. The summed E-state index contributed by atoms with van der Waals surface area (Å²) in [5, 5.41) is 8.82. The number of esters is 1. The third kappa shape index (κ3) is 1.79. The van der Waals surface area contributed by atoms with Crippen LogP contribution in [0.25, 0.3) is 0 Å². The van der Waals surface area contributed by atoms with Crippen molar-refractivity contribution >= 4 is 5.97 Å². The van der Waals surface area contributed by atoms with Crippen molar-refractivity contribution in [2.75, 3.05) is 7.11 Å². The fourth-order valence-corrected chi connectivity index (χ4v) is 2.27. The molecule has 1 aromatic carbocycles. The molecule has 1 aromatic rings. The van der Waals surface area contributed by atoms with E-state index in [0.717, 1.165) is 30.4 Å². The number of aryl methyl sites for hydroxylation is 1. The lowest BCUT2D eigenvalue weighted by Crippen LogP contribution is -2.19. The maximum atomic E-state index is 11.6. The van der Waals surface area contributed by atoms with Gasteiger partial charge in [-0.2, -0.15) is 5.26 Å². The number of carbonyl (C=O) groups is 1. The summed E-state index contributed by atoms with van der Waals surface area (Å²) in [6.45, 7) is 0. The minimum atomic E-state index is -0.175. The maximum absolute atomic E-state index is 11.6. The van der Waals surface area contributed by atoms with Gasteiger partial charge in [-0.05, 0) is 42.5 Å². The van der Waals surface area contributed by atoms with E-state index in [4.69, 9.17) is 10.00 Å². The first-order valence-corrected chi connectivity index (χ1v) is 5.37. The van der Waals surface area contributed by atoms with Crippen LogP contribution in [-0.2, 0) is 16.0 Å². The van der Waals surface area contributed by atoms with Gasteiger partial charge in [0.05, 0.1) is 24.7 Å². The molecule has 0 saturated carbocycles. The van der Waals surface area contributed by atoms with Crippen LogP contribution in [0.1, 0.15) is 35.4 Å². The second-order valence-corrected chi connectivity index (χ2v) is 3.99. The molecule has 0 fully saturated rings. The number of carbonyl (C=O) groups excluding carboxylic acids is 1. The number of rotatable bonds is 1. The van der Waals surface area contributed by atoms with Crippen LogP contribution in [0.3, 0.4) is 0 Å². The summed E-state index contributed by atoms with van der Waals surface area (Å²) in [4.78, 5) is 11.6. The average Bonchev–Trinajstić information content (AvgIpc) is 2.36. The molecule has 0 amide bonds. The number of nitrogens with zero attached hydrogens (tertiary/aromatic N) is 1. The molecule has 16 heavy (non-hydrogen) atoms. The van der Waals surface area contributed by atoms with Crippen LogP contribution in [0.4, 0.5) is 0 Å². The van der Waals surface area contributed by atoms with Gasteiger partial charge in [0.15, 0.2) is 0 Å². The Labute approximate surface area is 94.6 Å². The average molecular weight is 215 g/mol. The summed E-state index contributed by atoms with van der Waals surface area (Å²) in [7, 11) is 1.42. The van der Waals surface area contributed by atoms with Crippen LogP contribution < -0.4 is 0 Å². The predicted octanol–water partition coefficient (Wildman–Crippen LogP) is 2.15. The summed E-state index contributed by atoms with van der Waals surface area (Å²) in [6, 6.07) is 7.65. The standard InChI is InChI=1S/C13H13NO2/c1-16-13(15)12-4-2-3-10-7-9(8-14)5-6-11(10)12/h5-7,12H,2-4H2,1H3. The molecule has 3 nitrogen and oxygen atoms in total. The summed E-state index contributed by atoms with van der Waals surface area (Å²) in [5.74, 6) is -0.327. The van der Waals surface area contributed by atoms with Crippen LogP contribution in [0.2, 0.25) is 0 Å². The van der Waals surface area contributed by atoms with E-state index in [2.05, 4.69) is 6.07 Å². The van der Waals surface area contributed by atoms with Gasteiger partial charge in [0, 0.05) is 0 Å². The number of nitriles is 1. The van der Waals surface area contributed by atoms with Crippen molar-refractivity contribution in [1.29, 1.82) is 5.26 Å². The summed E-state index contributed by atoms with van der Waals surface area (Å²) < 4.78 is 4.80. The molecular weight excluding hydrogens is 202 g/mol. The Morgan fingerprint density at radius 3 is 3.06 bits per heavy atom. The Hall–Kier alpha value is -1.82. The molecule has 2 rings (SSSR count). The first kappa shape index (κ1) is 10.7. The maximum Gasteiger partial charge on any atom is 0.313 e. The smallest absolute Gasteiger partial charge is 0.313 e. The Balaban J connectivity index is 2.40. The predicted molar refractivity (Wildman–Crippen MR) is 58.9 cm³/mol. The van der Waals surface area contributed by atoms with Gasteiger partial charge in [0.2, 0.25) is 0 Å². The minimum absolute atomic E-state index is 0.151. The lowest BCUT2D eigenvalue weighted by molar-refractivity contribution is -0.142. The Morgan fingerprint density at radius 2 is 2.38 bits per heavy atom. The summed E-state index contributed by atoms with van der Waals surface area (Å²) in [6.07, 6.45) is 2.76. The van der Waals surface area contributed by atoms with Crippen molar-refractivity contribution < 1.29 is 9.53 Å². The molecule has 1 aliphatic rings. The zero-order valence-electron chi connectivity index (χ0n) is 9.19. The van der Waals surface area contributed by atoms with E-state index < -0.39 is 0 Å². The van der Waals surface area contributed by atoms with E-state index in [9.17, 15) is 4.79 Å². The zero-order valence-corrected chi connectivity index (χ0v) is 9.19. The van der Waals surface area contributed by atoms with Gasteiger partial charge >= 0.3 is 5.97 Å². The third-order valence-corrected chi connectivity index (χ3v) is 3.07. The van der Waals surface area contributed by atoms with Crippen molar-refractivity contribution in [3.8, 4) is 6.07 Å². The van der Waals surface area contributed by atoms with E-state index in [1.165, 1.54) is 7.11 Å². The lowest BCUT2D eigenvalue weighted by Gasteiger charge is -2.23. The molecule has 0 N–H and O–H groups in total. The normalized spacial score (nSPS) is 18.4. The second-order valence-electron chi connectivity index (χ2n) is 3.99. The number of hydrogen-bond acceptors (Lipinski definition) is 3. The zero-order chi connectivity index (χ0) is 11.5. The Bertz CT molecular complexity index is 459. The van der Waals surface area contributed by atoms with E-state index in [1.807, 2.05) is 12.1 Å². The highest BCUT2D eigenvalue weighted by molar-refractivity contribution is 5.79. The molecule has 1 atom stereocenters. The van der Waals surface area contributed by atoms with Crippen molar-refractivity contribution in [2.24, 2.45) is 0 Å². The highest BCUT2D eigenvalue weighted by atomic mass is 16.5. The van der Waals surface area contributed by atoms with Crippen LogP contribution in [-0.4, -0.2) is 13.1 Å². The fraction of sp³-hybridized carbons (Fsp3) is 0.385. The molecule has 1 unspecified atom stereocenters. The first-order valence-electron chi connectivity index (χ1n) is 5.37. The Morgan fingerprint density at radius 1 is 1.56 bits per heavy atom. The van der Waals surface area contributed by atoms with E-state index in [-0.39, 0.29) is 11.9 Å². The summed E-state index contributed by atoms with van der Waals surface area (Å²) in [5.41, 5.74) is 2.79. The third-order valence-electron chi connectivity index (χ3n) is 3.07. The highest BCUT2D eigenvalue weighted by Crippen LogP contribution is 2.32. The van der Waals surface area contributed by atoms with Crippen LogP contribution >= 0.6 is 0 Å². The van der Waals surface area contributed by atoms with Gasteiger partial charge in [-0.1, -0.05) is 6.07 Å². The van der Waals surface area contributed by atoms with Gasteiger partial charge in [0.1, 0.15) is 0 Å². The molecule has 0 bridgehead atoms. The quantitative estimate of drug-likeness (QED) is 0.674. The molecule has 0 aromatic heterocycles. The first-order chi connectivity index (χ1) is 7.76. The van der Waals surface area contributed by atoms with E-state index >= 15 is 0 Å². The number of hydrogen-bond donors (Lipinski definition) is 0. The van der Waals surface area contributed by atoms with Crippen LogP contribution in [0, 0.1) is 11.3 Å². The molecule has 0 radical (unpaired) electrons. The lowest BCUT2D eigenvalue weighted by atomic mass is 9.82. The van der Waals surface area contributed by atoms with E-state index in [1.54, 1.807) is 6.07 Å². The summed E-state index contributed by atoms with van der Waals surface area (Å²) >= 11 is 0. The second kappa shape index (κ2) is 4.36. The topological polar surface area (TPSA) is 50.1 Å². The number of benzene rings is 1. The Kier molecular flexibility index (Phi) is 2.91.